The van der Waals surface area contributed by atoms with Gasteiger partial charge in [-0.25, -0.2) is 8.78 Å². The van der Waals surface area contributed by atoms with Gasteiger partial charge in [0.15, 0.2) is 0 Å². The van der Waals surface area contributed by atoms with Gasteiger partial charge >= 0.3 is 0 Å². The summed E-state index contributed by atoms with van der Waals surface area (Å²) in [6.45, 7) is 1.80. The number of hydrogen-bond donors (Lipinski definition) is 1. The van der Waals surface area contributed by atoms with E-state index < -0.39 is 23.1 Å². The predicted octanol–water partition coefficient (Wildman–Crippen LogP) is 4.15. The van der Waals surface area contributed by atoms with Gasteiger partial charge in [0, 0.05) is 10.5 Å². The Morgan fingerprint density at radius 2 is 2.05 bits per heavy atom. The maximum Gasteiger partial charge on any atom is 0.257 e. The summed E-state index contributed by atoms with van der Waals surface area (Å²) in [6.07, 6.45) is 0.620. The lowest BCUT2D eigenvalue weighted by Crippen LogP contribution is -2.35. The smallest absolute Gasteiger partial charge is 0.257 e. The summed E-state index contributed by atoms with van der Waals surface area (Å²) in [5, 5.41) is 6.52. The summed E-state index contributed by atoms with van der Waals surface area (Å²) in [5.74, 6) is -2.50. The zero-order valence-corrected chi connectivity index (χ0v) is 13.0. The van der Waals surface area contributed by atoms with E-state index in [0.29, 0.717) is 6.42 Å². The maximum atomic E-state index is 13.7. The molecule has 0 saturated carbocycles. The average molecular weight is 360 g/mol. The van der Waals surface area contributed by atoms with E-state index in [-0.39, 0.29) is 10.5 Å². The van der Waals surface area contributed by atoms with Gasteiger partial charge in [0.25, 0.3) is 5.91 Å². The van der Waals surface area contributed by atoms with E-state index in [1.807, 2.05) is 16.8 Å². The zero-order chi connectivity index (χ0) is 14.7. The van der Waals surface area contributed by atoms with Gasteiger partial charge in [0.2, 0.25) is 0 Å². The van der Waals surface area contributed by atoms with Crippen molar-refractivity contribution in [3.8, 4) is 0 Å². The molecule has 1 N–H and O–H groups in total. The fraction of sp³-hybridized carbons (Fsp3) is 0.214. The number of hydrogen-bond acceptors (Lipinski definition) is 2. The van der Waals surface area contributed by atoms with Crippen molar-refractivity contribution >= 4 is 33.2 Å². The van der Waals surface area contributed by atoms with Crippen LogP contribution in [-0.4, -0.2) is 11.9 Å². The molecule has 1 amide bonds. The van der Waals surface area contributed by atoms with Crippen molar-refractivity contribution < 1.29 is 13.6 Å². The molecule has 0 bridgehead atoms. The molecule has 0 fully saturated rings. The molecule has 6 heteroatoms. The zero-order valence-electron chi connectivity index (χ0n) is 10.6. The minimum Gasteiger partial charge on any atom is -0.349 e. The van der Waals surface area contributed by atoms with Crippen molar-refractivity contribution in [2.75, 3.05) is 0 Å². The van der Waals surface area contributed by atoms with Crippen molar-refractivity contribution in [2.24, 2.45) is 0 Å². The third-order valence-corrected chi connectivity index (χ3v) is 3.92. The van der Waals surface area contributed by atoms with E-state index in [1.165, 1.54) is 0 Å². The standard InChI is InChI=1S/C14H12BrF2NOS/c1-8(4-9-2-3-20-7-9)18-14(19)13-11(16)5-10(15)6-12(13)17/h2-3,5-8H,4H2,1H3,(H,18,19). The molecular formula is C14H12BrF2NOS. The molecule has 106 valence electrons. The van der Waals surface area contributed by atoms with E-state index in [1.54, 1.807) is 18.3 Å². The molecule has 20 heavy (non-hydrogen) atoms. The Hall–Kier alpha value is -1.27. The highest BCUT2D eigenvalue weighted by Gasteiger charge is 2.19. The highest BCUT2D eigenvalue weighted by Crippen LogP contribution is 2.19. The minimum absolute atomic E-state index is 0.209. The van der Waals surface area contributed by atoms with Crippen LogP contribution in [0, 0.1) is 11.6 Å². The molecular weight excluding hydrogens is 348 g/mol. The molecule has 2 aromatic rings. The third-order valence-electron chi connectivity index (χ3n) is 2.73. The first kappa shape index (κ1) is 15.1. The van der Waals surface area contributed by atoms with Crippen LogP contribution in [0.2, 0.25) is 0 Å². The van der Waals surface area contributed by atoms with Gasteiger partial charge in [-0.1, -0.05) is 15.9 Å². The van der Waals surface area contributed by atoms with Gasteiger partial charge in [-0.15, -0.1) is 0 Å². The number of thiophene rings is 1. The molecule has 0 aliphatic rings. The first-order chi connectivity index (χ1) is 9.47. The number of halogens is 3. The molecule has 2 rings (SSSR count). The van der Waals surface area contributed by atoms with E-state index in [2.05, 4.69) is 21.2 Å². The fourth-order valence-electron chi connectivity index (χ4n) is 1.87. The molecule has 0 spiro atoms. The van der Waals surface area contributed by atoms with Crippen LogP contribution in [0.4, 0.5) is 8.78 Å². The van der Waals surface area contributed by atoms with Gasteiger partial charge in [-0.3, -0.25) is 4.79 Å². The fourth-order valence-corrected chi connectivity index (χ4v) is 2.95. The van der Waals surface area contributed by atoms with Crippen molar-refractivity contribution in [1.29, 1.82) is 0 Å². The molecule has 0 saturated heterocycles. The Bertz CT molecular complexity index is 593. The second-order valence-corrected chi connectivity index (χ2v) is 6.15. The minimum atomic E-state index is -0.878. The monoisotopic (exact) mass is 359 g/mol. The van der Waals surface area contributed by atoms with Gasteiger partial charge in [-0.05, 0) is 47.9 Å². The van der Waals surface area contributed by atoms with E-state index in [4.69, 9.17) is 0 Å². The second-order valence-electron chi connectivity index (χ2n) is 4.45. The highest BCUT2D eigenvalue weighted by molar-refractivity contribution is 9.10. The highest BCUT2D eigenvalue weighted by atomic mass is 79.9. The molecule has 0 radical (unpaired) electrons. The molecule has 1 aromatic heterocycles. The summed E-state index contributed by atoms with van der Waals surface area (Å²) < 4.78 is 27.6. The van der Waals surface area contributed by atoms with Crippen molar-refractivity contribution in [3.05, 3.63) is 56.2 Å². The molecule has 1 heterocycles. The third kappa shape index (κ3) is 3.64. The van der Waals surface area contributed by atoms with Crippen LogP contribution >= 0.6 is 27.3 Å². The van der Waals surface area contributed by atoms with Crippen LogP contribution in [0.5, 0.6) is 0 Å². The van der Waals surface area contributed by atoms with Gasteiger partial charge in [0.1, 0.15) is 17.2 Å². The maximum absolute atomic E-state index is 13.7. The van der Waals surface area contributed by atoms with Gasteiger partial charge < -0.3 is 5.32 Å². The summed E-state index contributed by atoms with van der Waals surface area (Å²) in [7, 11) is 0. The molecule has 0 aliphatic heterocycles. The number of benzene rings is 1. The van der Waals surface area contributed by atoms with Gasteiger partial charge in [0.05, 0.1) is 0 Å². The van der Waals surface area contributed by atoms with Crippen LogP contribution in [0.25, 0.3) is 0 Å². The van der Waals surface area contributed by atoms with E-state index >= 15 is 0 Å². The number of nitrogens with one attached hydrogen (secondary N) is 1. The number of amides is 1. The van der Waals surface area contributed by atoms with Gasteiger partial charge in [-0.2, -0.15) is 11.3 Å². The first-order valence-corrected chi connectivity index (χ1v) is 7.67. The topological polar surface area (TPSA) is 29.1 Å². The lowest BCUT2D eigenvalue weighted by atomic mass is 10.1. The largest absolute Gasteiger partial charge is 0.349 e. The van der Waals surface area contributed by atoms with Crippen molar-refractivity contribution in [1.82, 2.24) is 5.32 Å². The summed E-state index contributed by atoms with van der Waals surface area (Å²) >= 11 is 4.54. The van der Waals surface area contributed by atoms with Crippen LogP contribution in [0.15, 0.2) is 33.4 Å². The summed E-state index contributed by atoms with van der Waals surface area (Å²) in [6, 6.07) is 3.89. The van der Waals surface area contributed by atoms with Crippen molar-refractivity contribution in [3.63, 3.8) is 0 Å². The van der Waals surface area contributed by atoms with Crippen molar-refractivity contribution in [2.45, 2.75) is 19.4 Å². The normalized spacial score (nSPS) is 12.2. The van der Waals surface area contributed by atoms with E-state index in [9.17, 15) is 13.6 Å². The van der Waals surface area contributed by atoms with E-state index in [0.717, 1.165) is 17.7 Å². The molecule has 2 nitrogen and oxygen atoms in total. The Labute approximate surface area is 127 Å². The molecule has 1 unspecified atom stereocenters. The summed E-state index contributed by atoms with van der Waals surface area (Å²) in [4.78, 5) is 11.9. The Balaban J connectivity index is 2.08. The molecule has 1 atom stereocenters. The van der Waals surface area contributed by atoms with Crippen LogP contribution in [0.3, 0.4) is 0 Å². The van der Waals surface area contributed by atoms with Crippen LogP contribution in [0.1, 0.15) is 22.8 Å². The Morgan fingerprint density at radius 3 is 2.60 bits per heavy atom. The Kier molecular flexibility index (Phi) is 4.88. The SMILES string of the molecule is CC(Cc1ccsc1)NC(=O)c1c(F)cc(Br)cc1F. The average Bonchev–Trinajstić information content (AvgIpc) is 2.79. The number of carbonyl (C=O) groups is 1. The number of rotatable bonds is 4. The quantitative estimate of drug-likeness (QED) is 0.872. The van der Waals surface area contributed by atoms with Crippen LogP contribution < -0.4 is 5.32 Å². The second kappa shape index (κ2) is 6.45. The Morgan fingerprint density at radius 1 is 1.40 bits per heavy atom. The molecule has 1 aromatic carbocycles. The molecule has 0 aliphatic carbocycles. The summed E-state index contributed by atoms with van der Waals surface area (Å²) in [5.41, 5.74) is 0.532. The lowest BCUT2D eigenvalue weighted by Gasteiger charge is -2.14. The van der Waals surface area contributed by atoms with Crippen LogP contribution in [-0.2, 0) is 6.42 Å². The number of carbonyl (C=O) groups excluding carboxylic acids is 1. The predicted molar refractivity (Wildman–Crippen MR) is 79.0 cm³/mol. The first-order valence-electron chi connectivity index (χ1n) is 5.94. The lowest BCUT2D eigenvalue weighted by molar-refractivity contribution is 0.0931.